The molecular formula is C14H16F4N2O. The molecule has 0 bridgehead atoms. The number of hydrogen-bond donors (Lipinski definition) is 2. The Balaban J connectivity index is 2.01. The number of primary amides is 1. The molecule has 0 aromatic heterocycles. The minimum absolute atomic E-state index is 0.0261. The summed E-state index contributed by atoms with van der Waals surface area (Å²) in [5.74, 6) is -2.52. The Morgan fingerprint density at radius 1 is 1.19 bits per heavy atom. The molecule has 1 fully saturated rings. The molecule has 0 spiro atoms. The number of hydrogen-bond acceptors (Lipinski definition) is 2. The van der Waals surface area contributed by atoms with Crippen molar-refractivity contribution in [1.29, 1.82) is 0 Å². The van der Waals surface area contributed by atoms with Gasteiger partial charge in [-0.25, -0.2) is 4.39 Å². The smallest absolute Gasteiger partial charge is 0.380 e. The maximum absolute atomic E-state index is 13.7. The Kier molecular flexibility index (Phi) is 4.39. The molecule has 2 rings (SSSR count). The maximum Gasteiger partial charge on any atom is 0.391 e. The number of benzene rings is 1. The Morgan fingerprint density at radius 3 is 2.33 bits per heavy atom. The van der Waals surface area contributed by atoms with E-state index in [2.05, 4.69) is 5.32 Å². The molecule has 3 N–H and O–H groups in total. The molecule has 0 unspecified atom stereocenters. The summed E-state index contributed by atoms with van der Waals surface area (Å²) in [5, 5.41) is 2.87. The first-order chi connectivity index (χ1) is 9.77. The lowest BCUT2D eigenvalue weighted by Gasteiger charge is -2.31. The first-order valence-electron chi connectivity index (χ1n) is 6.70. The second-order valence-corrected chi connectivity index (χ2v) is 5.29. The van der Waals surface area contributed by atoms with E-state index < -0.39 is 23.8 Å². The topological polar surface area (TPSA) is 55.1 Å². The fraction of sp³-hybridized carbons (Fsp3) is 0.500. The standard InChI is InChI=1S/C14H16F4N2O/c15-11-6-1-8(13(19)21)7-12(11)20-10-4-2-9(3-5-10)14(16,17)18/h1,6-7,9-10,20H,2-5H2,(H2,19,21). The van der Waals surface area contributed by atoms with Crippen molar-refractivity contribution in [3.63, 3.8) is 0 Å². The van der Waals surface area contributed by atoms with Gasteiger partial charge in [0.15, 0.2) is 0 Å². The van der Waals surface area contributed by atoms with Gasteiger partial charge in [-0.05, 0) is 43.9 Å². The molecule has 1 aliphatic carbocycles. The van der Waals surface area contributed by atoms with E-state index in [4.69, 9.17) is 5.73 Å². The third kappa shape index (κ3) is 3.86. The summed E-state index contributed by atoms with van der Waals surface area (Å²) < 4.78 is 51.4. The van der Waals surface area contributed by atoms with Gasteiger partial charge in [-0.2, -0.15) is 13.2 Å². The van der Waals surface area contributed by atoms with Gasteiger partial charge in [0.1, 0.15) is 5.82 Å². The Hall–Kier alpha value is -1.79. The van der Waals surface area contributed by atoms with Crippen LogP contribution in [0.1, 0.15) is 36.0 Å². The molecule has 21 heavy (non-hydrogen) atoms. The molecule has 0 aliphatic heterocycles. The van der Waals surface area contributed by atoms with Crippen molar-refractivity contribution < 1.29 is 22.4 Å². The van der Waals surface area contributed by atoms with Gasteiger partial charge in [-0.15, -0.1) is 0 Å². The number of amides is 1. The van der Waals surface area contributed by atoms with Crippen LogP contribution in [0.3, 0.4) is 0 Å². The van der Waals surface area contributed by atoms with Gasteiger partial charge in [0, 0.05) is 11.6 Å². The van der Waals surface area contributed by atoms with Crippen molar-refractivity contribution in [2.45, 2.75) is 37.9 Å². The number of carbonyl (C=O) groups is 1. The Labute approximate surface area is 119 Å². The van der Waals surface area contributed by atoms with Crippen LogP contribution in [-0.4, -0.2) is 18.1 Å². The Bertz CT molecular complexity index is 522. The number of nitrogens with two attached hydrogens (primary N) is 1. The molecule has 1 aromatic carbocycles. The van der Waals surface area contributed by atoms with Crippen LogP contribution in [0.25, 0.3) is 0 Å². The summed E-state index contributed by atoms with van der Waals surface area (Å²) in [6.07, 6.45) is -3.49. The average Bonchev–Trinajstić information content (AvgIpc) is 2.40. The first kappa shape index (κ1) is 15.6. The molecule has 1 saturated carbocycles. The van der Waals surface area contributed by atoms with E-state index in [0.717, 1.165) is 6.07 Å². The molecule has 0 atom stereocenters. The summed E-state index contributed by atoms with van der Waals surface area (Å²) in [7, 11) is 0. The summed E-state index contributed by atoms with van der Waals surface area (Å²) in [6, 6.07) is 3.43. The molecule has 7 heteroatoms. The van der Waals surface area contributed by atoms with Gasteiger partial charge in [0.25, 0.3) is 0 Å². The van der Waals surface area contributed by atoms with Crippen LogP contribution in [0.2, 0.25) is 0 Å². The molecule has 1 aromatic rings. The Morgan fingerprint density at radius 2 is 1.81 bits per heavy atom. The van der Waals surface area contributed by atoms with Crippen molar-refractivity contribution in [3.8, 4) is 0 Å². The van der Waals surface area contributed by atoms with Gasteiger partial charge in [0.2, 0.25) is 5.91 Å². The van der Waals surface area contributed by atoms with Gasteiger partial charge in [0.05, 0.1) is 11.6 Å². The third-order valence-corrected chi connectivity index (χ3v) is 3.80. The normalized spacial score (nSPS) is 22.9. The molecule has 0 radical (unpaired) electrons. The molecule has 1 aliphatic rings. The molecule has 1 amide bonds. The monoisotopic (exact) mass is 304 g/mol. The largest absolute Gasteiger partial charge is 0.391 e. The van der Waals surface area contributed by atoms with E-state index in [1.807, 2.05) is 0 Å². The zero-order valence-electron chi connectivity index (χ0n) is 11.2. The van der Waals surface area contributed by atoms with Crippen molar-refractivity contribution in [2.24, 2.45) is 11.7 Å². The fourth-order valence-electron chi connectivity index (χ4n) is 2.57. The highest BCUT2D eigenvalue weighted by Crippen LogP contribution is 2.38. The molecular weight excluding hydrogens is 288 g/mol. The highest BCUT2D eigenvalue weighted by molar-refractivity contribution is 5.93. The van der Waals surface area contributed by atoms with E-state index in [0.29, 0.717) is 12.8 Å². The predicted octanol–water partition coefficient (Wildman–Crippen LogP) is 3.46. The molecule has 3 nitrogen and oxygen atoms in total. The van der Waals surface area contributed by atoms with E-state index in [1.54, 1.807) is 0 Å². The van der Waals surface area contributed by atoms with E-state index in [-0.39, 0.29) is 30.1 Å². The van der Waals surface area contributed by atoms with Crippen LogP contribution in [-0.2, 0) is 0 Å². The second-order valence-electron chi connectivity index (χ2n) is 5.29. The fourth-order valence-corrected chi connectivity index (χ4v) is 2.57. The van der Waals surface area contributed by atoms with Crippen LogP contribution in [0.4, 0.5) is 23.2 Å². The minimum atomic E-state index is -4.16. The SMILES string of the molecule is NC(=O)c1ccc(F)c(NC2CCC(C(F)(F)F)CC2)c1. The van der Waals surface area contributed by atoms with Crippen molar-refractivity contribution in [3.05, 3.63) is 29.6 Å². The quantitative estimate of drug-likeness (QED) is 0.840. The van der Waals surface area contributed by atoms with Crippen LogP contribution >= 0.6 is 0 Å². The lowest BCUT2D eigenvalue weighted by molar-refractivity contribution is -0.182. The summed E-state index contributed by atoms with van der Waals surface area (Å²) in [6.45, 7) is 0. The van der Waals surface area contributed by atoms with Crippen molar-refractivity contribution in [1.82, 2.24) is 0 Å². The van der Waals surface area contributed by atoms with E-state index >= 15 is 0 Å². The zero-order valence-corrected chi connectivity index (χ0v) is 11.2. The van der Waals surface area contributed by atoms with Crippen LogP contribution in [0.15, 0.2) is 18.2 Å². The predicted molar refractivity (Wildman–Crippen MR) is 70.3 cm³/mol. The summed E-state index contributed by atoms with van der Waals surface area (Å²) >= 11 is 0. The minimum Gasteiger partial charge on any atom is -0.380 e. The molecule has 116 valence electrons. The third-order valence-electron chi connectivity index (χ3n) is 3.80. The van der Waals surface area contributed by atoms with Crippen LogP contribution in [0, 0.1) is 11.7 Å². The highest BCUT2D eigenvalue weighted by atomic mass is 19.4. The molecule has 0 saturated heterocycles. The average molecular weight is 304 g/mol. The van der Waals surface area contributed by atoms with Gasteiger partial charge in [-0.1, -0.05) is 0 Å². The van der Waals surface area contributed by atoms with E-state index in [9.17, 15) is 22.4 Å². The summed E-state index contributed by atoms with van der Waals surface area (Å²) in [5.41, 5.74) is 5.37. The lowest BCUT2D eigenvalue weighted by Crippen LogP contribution is -2.33. The highest BCUT2D eigenvalue weighted by Gasteiger charge is 2.41. The number of nitrogens with one attached hydrogen (secondary N) is 1. The first-order valence-corrected chi connectivity index (χ1v) is 6.70. The van der Waals surface area contributed by atoms with Crippen molar-refractivity contribution >= 4 is 11.6 Å². The van der Waals surface area contributed by atoms with Gasteiger partial charge < -0.3 is 11.1 Å². The van der Waals surface area contributed by atoms with Crippen molar-refractivity contribution in [2.75, 3.05) is 5.32 Å². The summed E-state index contributed by atoms with van der Waals surface area (Å²) in [4.78, 5) is 11.1. The van der Waals surface area contributed by atoms with Gasteiger partial charge in [-0.3, -0.25) is 4.79 Å². The van der Waals surface area contributed by atoms with E-state index in [1.165, 1.54) is 12.1 Å². The maximum atomic E-state index is 13.7. The zero-order chi connectivity index (χ0) is 15.6. The number of anilines is 1. The number of alkyl halides is 3. The number of carbonyl (C=O) groups excluding carboxylic acids is 1. The lowest BCUT2D eigenvalue weighted by atomic mass is 9.85. The van der Waals surface area contributed by atoms with Gasteiger partial charge >= 0.3 is 6.18 Å². The number of halogens is 4. The molecule has 0 heterocycles. The number of rotatable bonds is 3. The second kappa shape index (κ2) is 5.91. The van der Waals surface area contributed by atoms with Crippen LogP contribution in [0.5, 0.6) is 0 Å². The van der Waals surface area contributed by atoms with Crippen LogP contribution < -0.4 is 11.1 Å².